The van der Waals surface area contributed by atoms with Crippen LogP contribution in [-0.2, 0) is 0 Å². The predicted molar refractivity (Wildman–Crippen MR) is 39.6 cm³/mol. The van der Waals surface area contributed by atoms with Gasteiger partial charge in [0.2, 0.25) is 0 Å². The van der Waals surface area contributed by atoms with Crippen molar-refractivity contribution in [2.24, 2.45) is 21.1 Å². The second-order valence-electron chi connectivity index (χ2n) is 2.88. The monoisotopic (exact) mass is 137 g/mol. The zero-order chi connectivity index (χ0) is 6.81. The highest BCUT2D eigenvalue weighted by molar-refractivity contribution is 5.58. The Morgan fingerprint density at radius 3 is 3.40 bits per heavy atom. The Hall–Kier alpha value is -0.730. The summed E-state index contributed by atoms with van der Waals surface area (Å²) in [5, 5.41) is 8.18. The topological polar surface area (TPSA) is 37.1 Å². The molecule has 0 aromatic heterocycles. The number of hydrogen-bond donors (Lipinski definition) is 0. The second-order valence-corrected chi connectivity index (χ2v) is 2.88. The van der Waals surface area contributed by atoms with Gasteiger partial charge in [-0.1, -0.05) is 0 Å². The van der Waals surface area contributed by atoms with E-state index < -0.39 is 0 Å². The standard InChI is InChI=1S/C7H11N3/c1-3-8-4-2-7-6(1)5-9-10-7/h4,6-7H,1-3,5H2. The molecule has 0 N–H and O–H groups in total. The Balaban J connectivity index is 2.07. The lowest BCUT2D eigenvalue weighted by molar-refractivity contribution is 0.476. The average Bonchev–Trinajstić information content (AvgIpc) is 2.28. The van der Waals surface area contributed by atoms with Crippen LogP contribution in [0.4, 0.5) is 0 Å². The summed E-state index contributed by atoms with van der Waals surface area (Å²) in [4.78, 5) is 4.23. The lowest BCUT2D eigenvalue weighted by Crippen LogP contribution is -2.15. The van der Waals surface area contributed by atoms with E-state index in [9.17, 15) is 0 Å². The molecule has 0 aromatic carbocycles. The molecule has 2 atom stereocenters. The van der Waals surface area contributed by atoms with Crippen LogP contribution >= 0.6 is 0 Å². The van der Waals surface area contributed by atoms with Crippen LogP contribution in [0.15, 0.2) is 15.2 Å². The lowest BCUT2D eigenvalue weighted by Gasteiger charge is -2.09. The quantitative estimate of drug-likeness (QED) is 0.482. The first-order chi connectivity index (χ1) is 4.97. The van der Waals surface area contributed by atoms with Crippen LogP contribution in [0.25, 0.3) is 0 Å². The highest BCUT2D eigenvalue weighted by atomic mass is 15.2. The lowest BCUT2D eigenvalue weighted by atomic mass is 9.97. The van der Waals surface area contributed by atoms with Crippen LogP contribution in [-0.4, -0.2) is 25.3 Å². The predicted octanol–water partition coefficient (Wildman–Crippen LogP) is 1.30. The summed E-state index contributed by atoms with van der Waals surface area (Å²) in [6.45, 7) is 1.92. The number of hydrogen-bond acceptors (Lipinski definition) is 3. The number of rotatable bonds is 0. The molecule has 0 spiro atoms. The van der Waals surface area contributed by atoms with Crippen LogP contribution in [0.1, 0.15) is 12.8 Å². The fourth-order valence-corrected chi connectivity index (χ4v) is 1.51. The van der Waals surface area contributed by atoms with Gasteiger partial charge in [0.05, 0.1) is 12.6 Å². The molecule has 2 aliphatic rings. The molecule has 2 rings (SSSR count). The minimum absolute atomic E-state index is 0.464. The maximum atomic E-state index is 4.23. The van der Waals surface area contributed by atoms with Gasteiger partial charge in [-0.25, -0.2) is 0 Å². The average molecular weight is 137 g/mol. The second kappa shape index (κ2) is 2.48. The van der Waals surface area contributed by atoms with Gasteiger partial charge in [-0.3, -0.25) is 4.99 Å². The summed E-state index contributed by atoms with van der Waals surface area (Å²) in [6.07, 6.45) is 4.18. The van der Waals surface area contributed by atoms with Crippen LogP contribution < -0.4 is 0 Å². The molecule has 3 nitrogen and oxygen atoms in total. The highest BCUT2D eigenvalue weighted by Gasteiger charge is 2.25. The molecular formula is C7H11N3. The van der Waals surface area contributed by atoms with Gasteiger partial charge in [0, 0.05) is 25.1 Å². The molecule has 0 amide bonds. The van der Waals surface area contributed by atoms with E-state index in [1.165, 1.54) is 6.42 Å². The fraction of sp³-hybridized carbons (Fsp3) is 0.857. The van der Waals surface area contributed by atoms with Gasteiger partial charge in [0.25, 0.3) is 0 Å². The Morgan fingerprint density at radius 1 is 1.40 bits per heavy atom. The molecule has 54 valence electrons. The number of nitrogens with zero attached hydrogens (tertiary/aromatic N) is 3. The Kier molecular flexibility index (Phi) is 1.49. The molecule has 0 fully saturated rings. The molecule has 2 unspecified atom stereocenters. The van der Waals surface area contributed by atoms with Gasteiger partial charge in [0.15, 0.2) is 0 Å². The summed E-state index contributed by atoms with van der Waals surface area (Å²) in [6, 6.07) is 0.464. The van der Waals surface area contributed by atoms with E-state index >= 15 is 0 Å². The number of aliphatic imine (C=N–C) groups is 1. The van der Waals surface area contributed by atoms with Gasteiger partial charge in [0.1, 0.15) is 0 Å². The van der Waals surface area contributed by atoms with E-state index in [4.69, 9.17) is 0 Å². The molecule has 10 heavy (non-hydrogen) atoms. The van der Waals surface area contributed by atoms with Crippen LogP contribution in [0.2, 0.25) is 0 Å². The molecule has 0 bridgehead atoms. The van der Waals surface area contributed by atoms with Gasteiger partial charge in [-0.15, -0.1) is 0 Å². The minimum Gasteiger partial charge on any atom is -0.297 e. The molecule has 0 saturated carbocycles. The van der Waals surface area contributed by atoms with E-state index in [2.05, 4.69) is 15.2 Å². The Bertz CT molecular complexity index is 174. The van der Waals surface area contributed by atoms with Crippen molar-refractivity contribution < 1.29 is 0 Å². The largest absolute Gasteiger partial charge is 0.297 e. The van der Waals surface area contributed by atoms with Gasteiger partial charge >= 0.3 is 0 Å². The van der Waals surface area contributed by atoms with Crippen LogP contribution in [0.5, 0.6) is 0 Å². The van der Waals surface area contributed by atoms with Crippen molar-refractivity contribution in [3.63, 3.8) is 0 Å². The fourth-order valence-electron chi connectivity index (χ4n) is 1.51. The van der Waals surface area contributed by atoms with E-state index in [-0.39, 0.29) is 0 Å². The van der Waals surface area contributed by atoms with Gasteiger partial charge in [-0.05, 0) is 6.42 Å². The van der Waals surface area contributed by atoms with Crippen LogP contribution in [0.3, 0.4) is 0 Å². The maximum Gasteiger partial charge on any atom is 0.0804 e. The van der Waals surface area contributed by atoms with Crippen molar-refractivity contribution in [1.82, 2.24) is 0 Å². The van der Waals surface area contributed by atoms with Crippen molar-refractivity contribution in [1.29, 1.82) is 0 Å². The SMILES string of the molecule is C1=NCCC2CN=NC2C1. The molecule has 0 saturated heterocycles. The van der Waals surface area contributed by atoms with Gasteiger partial charge < -0.3 is 0 Å². The molecule has 2 heterocycles. The molecule has 3 heteroatoms. The Labute approximate surface area is 60.3 Å². The zero-order valence-corrected chi connectivity index (χ0v) is 5.90. The third kappa shape index (κ3) is 0.958. The van der Waals surface area contributed by atoms with E-state index in [1.807, 2.05) is 6.21 Å². The van der Waals surface area contributed by atoms with Gasteiger partial charge in [-0.2, -0.15) is 10.2 Å². The molecule has 0 aromatic rings. The summed E-state index contributed by atoms with van der Waals surface area (Å²) >= 11 is 0. The Morgan fingerprint density at radius 2 is 2.40 bits per heavy atom. The van der Waals surface area contributed by atoms with Crippen molar-refractivity contribution in [2.45, 2.75) is 18.9 Å². The van der Waals surface area contributed by atoms with Crippen LogP contribution in [0, 0.1) is 5.92 Å². The first kappa shape index (κ1) is 6.01. The highest BCUT2D eigenvalue weighted by Crippen LogP contribution is 2.23. The zero-order valence-electron chi connectivity index (χ0n) is 5.90. The first-order valence-electron chi connectivity index (χ1n) is 3.82. The third-order valence-electron chi connectivity index (χ3n) is 2.20. The summed E-state index contributed by atoms with van der Waals surface area (Å²) in [5.74, 6) is 0.697. The minimum atomic E-state index is 0.464. The summed E-state index contributed by atoms with van der Waals surface area (Å²) in [7, 11) is 0. The third-order valence-corrected chi connectivity index (χ3v) is 2.20. The summed E-state index contributed by atoms with van der Waals surface area (Å²) in [5.41, 5.74) is 0. The maximum absolute atomic E-state index is 4.23. The van der Waals surface area contributed by atoms with Crippen molar-refractivity contribution >= 4 is 6.21 Å². The van der Waals surface area contributed by atoms with Crippen molar-refractivity contribution in [2.75, 3.05) is 13.1 Å². The van der Waals surface area contributed by atoms with Crippen molar-refractivity contribution in [3.8, 4) is 0 Å². The van der Waals surface area contributed by atoms with Crippen molar-refractivity contribution in [3.05, 3.63) is 0 Å². The molecule has 0 radical (unpaired) electrons. The number of fused-ring (bicyclic) bond motifs is 1. The molecule has 2 aliphatic heterocycles. The summed E-state index contributed by atoms with van der Waals surface area (Å²) < 4.78 is 0. The van der Waals surface area contributed by atoms with E-state index in [1.54, 1.807) is 0 Å². The first-order valence-corrected chi connectivity index (χ1v) is 3.82. The number of azo groups is 1. The molecule has 0 aliphatic carbocycles. The molecular weight excluding hydrogens is 126 g/mol. The normalized spacial score (nSPS) is 37.6. The van der Waals surface area contributed by atoms with E-state index in [0.29, 0.717) is 12.0 Å². The van der Waals surface area contributed by atoms with E-state index in [0.717, 1.165) is 19.5 Å². The smallest absolute Gasteiger partial charge is 0.0804 e.